The van der Waals surface area contributed by atoms with Crippen LogP contribution in [0.2, 0.25) is 0 Å². The molecule has 0 aliphatic heterocycles. The SMILES string of the molecule is CCOC(=O)c1csc([C@@H](C[C@@H](NC)C(C)C)OC(=O)[C@@H](NC(=O)OC(C)(C)C)C(C)CC)n1. The lowest BCUT2D eigenvalue weighted by Crippen LogP contribution is -2.48. The minimum atomic E-state index is -0.890. The first kappa shape index (κ1) is 29.8. The third-order valence-electron chi connectivity index (χ3n) is 5.32. The standard InChI is InChI=1S/C24H41N3O6S/c1-10-15(5)19(27-23(30)33-24(6,7)8)22(29)32-18(12-16(25-9)14(3)4)20-26-17(13-34-20)21(28)31-11-2/h13-16,18-19,25H,10-12H2,1-9H3,(H,27,30)/t15?,16-,18-,19+/m1/s1. The van der Waals surface area contributed by atoms with E-state index >= 15 is 0 Å². The van der Waals surface area contributed by atoms with Gasteiger partial charge in [-0.2, -0.15) is 0 Å². The Hall–Kier alpha value is -2.20. The molecule has 0 fully saturated rings. The number of thiazole rings is 1. The number of nitrogens with one attached hydrogen (secondary N) is 2. The van der Waals surface area contributed by atoms with E-state index in [9.17, 15) is 14.4 Å². The van der Waals surface area contributed by atoms with Gasteiger partial charge >= 0.3 is 18.0 Å². The normalized spacial score (nSPS) is 15.2. The summed E-state index contributed by atoms with van der Waals surface area (Å²) in [6.45, 7) is 15.2. The van der Waals surface area contributed by atoms with Crippen LogP contribution in [0.15, 0.2) is 5.38 Å². The molecule has 1 heterocycles. The molecule has 1 unspecified atom stereocenters. The van der Waals surface area contributed by atoms with Crippen molar-refractivity contribution >= 4 is 29.4 Å². The maximum atomic E-state index is 13.3. The zero-order valence-corrected chi connectivity index (χ0v) is 22.7. The number of esters is 2. The average Bonchev–Trinajstić information content (AvgIpc) is 3.23. The Balaban J connectivity index is 3.18. The summed E-state index contributed by atoms with van der Waals surface area (Å²) in [6.07, 6.45) is -0.279. The van der Waals surface area contributed by atoms with E-state index in [1.165, 1.54) is 11.3 Å². The molecule has 194 valence electrons. The molecular weight excluding hydrogens is 458 g/mol. The third-order valence-corrected chi connectivity index (χ3v) is 6.26. The van der Waals surface area contributed by atoms with Crippen molar-refractivity contribution < 1.29 is 28.6 Å². The molecule has 0 saturated heterocycles. The smallest absolute Gasteiger partial charge is 0.408 e. The number of alkyl carbamates (subject to hydrolysis) is 1. The van der Waals surface area contributed by atoms with Crippen LogP contribution in [0.3, 0.4) is 0 Å². The summed E-state index contributed by atoms with van der Waals surface area (Å²) in [5.74, 6) is -1.01. The Kier molecular flexibility index (Phi) is 12.0. The molecule has 0 radical (unpaired) electrons. The lowest BCUT2D eigenvalue weighted by atomic mass is 9.97. The number of ether oxygens (including phenoxy) is 3. The molecule has 10 heteroatoms. The van der Waals surface area contributed by atoms with Crippen molar-refractivity contribution in [3.05, 3.63) is 16.1 Å². The van der Waals surface area contributed by atoms with E-state index in [0.717, 1.165) is 0 Å². The highest BCUT2D eigenvalue weighted by Gasteiger charge is 2.34. The van der Waals surface area contributed by atoms with Gasteiger partial charge in [-0.05, 0) is 46.6 Å². The van der Waals surface area contributed by atoms with E-state index in [-0.39, 0.29) is 30.2 Å². The van der Waals surface area contributed by atoms with E-state index < -0.39 is 35.8 Å². The van der Waals surface area contributed by atoms with Crippen LogP contribution in [0.5, 0.6) is 0 Å². The second-order valence-electron chi connectivity index (χ2n) is 9.60. The molecule has 0 aromatic carbocycles. The van der Waals surface area contributed by atoms with Crippen LogP contribution in [0.4, 0.5) is 4.79 Å². The molecule has 1 amide bonds. The maximum absolute atomic E-state index is 13.3. The van der Waals surface area contributed by atoms with E-state index in [0.29, 0.717) is 17.8 Å². The Morgan fingerprint density at radius 1 is 1.15 bits per heavy atom. The monoisotopic (exact) mass is 499 g/mol. The summed E-state index contributed by atoms with van der Waals surface area (Å²) in [5.41, 5.74) is -0.517. The predicted molar refractivity (Wildman–Crippen MR) is 132 cm³/mol. The van der Waals surface area contributed by atoms with Crippen LogP contribution >= 0.6 is 11.3 Å². The van der Waals surface area contributed by atoms with E-state index in [1.54, 1.807) is 33.1 Å². The van der Waals surface area contributed by atoms with Gasteiger partial charge in [0.25, 0.3) is 0 Å². The molecule has 0 aliphatic rings. The minimum absolute atomic E-state index is 0.0357. The molecule has 0 saturated carbocycles. The zero-order valence-electron chi connectivity index (χ0n) is 21.9. The number of carbonyl (C=O) groups is 3. The summed E-state index contributed by atoms with van der Waals surface area (Å²) in [5, 5.41) is 8.02. The Morgan fingerprint density at radius 3 is 2.29 bits per heavy atom. The zero-order chi connectivity index (χ0) is 26.1. The van der Waals surface area contributed by atoms with E-state index in [4.69, 9.17) is 14.2 Å². The van der Waals surface area contributed by atoms with Crippen LogP contribution in [0.1, 0.15) is 89.8 Å². The topological polar surface area (TPSA) is 116 Å². The Bertz CT molecular complexity index is 805. The highest BCUT2D eigenvalue weighted by Crippen LogP contribution is 2.29. The Labute approximate surface area is 207 Å². The fraction of sp³-hybridized carbons (Fsp3) is 0.750. The van der Waals surface area contributed by atoms with Gasteiger partial charge in [-0.25, -0.2) is 19.4 Å². The molecule has 1 aromatic heterocycles. The first-order valence-corrected chi connectivity index (χ1v) is 12.7. The molecule has 1 aromatic rings. The summed E-state index contributed by atoms with van der Waals surface area (Å²) in [4.78, 5) is 42.2. The van der Waals surface area contributed by atoms with Gasteiger partial charge in [-0.15, -0.1) is 11.3 Å². The van der Waals surface area contributed by atoms with Gasteiger partial charge in [0.15, 0.2) is 11.8 Å². The quantitative estimate of drug-likeness (QED) is 0.319. The maximum Gasteiger partial charge on any atom is 0.408 e. The highest BCUT2D eigenvalue weighted by atomic mass is 32.1. The molecule has 1 rings (SSSR count). The fourth-order valence-corrected chi connectivity index (χ4v) is 4.03. The first-order valence-electron chi connectivity index (χ1n) is 11.8. The van der Waals surface area contributed by atoms with Gasteiger partial charge < -0.3 is 24.8 Å². The summed E-state index contributed by atoms with van der Waals surface area (Å²) in [6, 6.07) is -0.854. The summed E-state index contributed by atoms with van der Waals surface area (Å²) < 4.78 is 16.3. The van der Waals surface area contributed by atoms with Gasteiger partial charge in [0.2, 0.25) is 0 Å². The number of rotatable bonds is 12. The van der Waals surface area contributed by atoms with Crippen molar-refractivity contribution in [2.45, 2.75) is 92.0 Å². The molecular formula is C24H41N3O6S. The van der Waals surface area contributed by atoms with Crippen molar-refractivity contribution in [3.8, 4) is 0 Å². The number of aromatic nitrogens is 1. The fourth-order valence-electron chi connectivity index (χ4n) is 3.20. The number of amides is 1. The summed E-state index contributed by atoms with van der Waals surface area (Å²) in [7, 11) is 1.85. The van der Waals surface area contributed by atoms with Crippen molar-refractivity contribution in [1.29, 1.82) is 0 Å². The van der Waals surface area contributed by atoms with Crippen molar-refractivity contribution in [1.82, 2.24) is 15.6 Å². The molecule has 0 spiro atoms. The van der Waals surface area contributed by atoms with Gasteiger partial charge in [-0.1, -0.05) is 34.1 Å². The van der Waals surface area contributed by atoms with Gasteiger partial charge in [0.05, 0.1) is 6.61 Å². The van der Waals surface area contributed by atoms with Crippen molar-refractivity contribution in [2.24, 2.45) is 11.8 Å². The second-order valence-corrected chi connectivity index (χ2v) is 10.5. The van der Waals surface area contributed by atoms with Crippen molar-refractivity contribution in [3.63, 3.8) is 0 Å². The molecule has 9 nitrogen and oxygen atoms in total. The molecule has 2 N–H and O–H groups in total. The highest BCUT2D eigenvalue weighted by molar-refractivity contribution is 7.09. The third kappa shape index (κ3) is 9.58. The number of hydrogen-bond acceptors (Lipinski definition) is 9. The van der Waals surface area contributed by atoms with Crippen LogP contribution in [0, 0.1) is 11.8 Å². The van der Waals surface area contributed by atoms with Gasteiger partial charge in [-0.3, -0.25) is 0 Å². The second kappa shape index (κ2) is 13.6. The van der Waals surface area contributed by atoms with Gasteiger partial charge in [0, 0.05) is 17.8 Å². The predicted octanol–water partition coefficient (Wildman–Crippen LogP) is 4.48. The lowest BCUT2D eigenvalue weighted by molar-refractivity contribution is -0.154. The lowest BCUT2D eigenvalue weighted by Gasteiger charge is -2.29. The number of nitrogens with zero attached hydrogens (tertiary/aromatic N) is 1. The molecule has 0 bridgehead atoms. The summed E-state index contributed by atoms with van der Waals surface area (Å²) >= 11 is 1.24. The number of carbonyl (C=O) groups excluding carboxylic acids is 3. The van der Waals surface area contributed by atoms with E-state index in [1.807, 2.05) is 20.9 Å². The molecule has 34 heavy (non-hydrogen) atoms. The Morgan fingerprint density at radius 2 is 1.79 bits per heavy atom. The largest absolute Gasteiger partial charge is 0.461 e. The first-order chi connectivity index (χ1) is 15.8. The van der Waals surface area contributed by atoms with Crippen LogP contribution in [0.25, 0.3) is 0 Å². The van der Waals surface area contributed by atoms with Crippen LogP contribution in [-0.4, -0.2) is 54.4 Å². The van der Waals surface area contributed by atoms with Crippen molar-refractivity contribution in [2.75, 3.05) is 13.7 Å². The molecule has 0 aliphatic carbocycles. The molecule has 4 atom stereocenters. The van der Waals surface area contributed by atoms with Crippen LogP contribution in [-0.2, 0) is 19.0 Å². The minimum Gasteiger partial charge on any atom is -0.461 e. The number of hydrogen-bond donors (Lipinski definition) is 2. The van der Waals surface area contributed by atoms with Crippen LogP contribution < -0.4 is 10.6 Å². The van der Waals surface area contributed by atoms with E-state index in [2.05, 4.69) is 29.5 Å². The average molecular weight is 500 g/mol. The van der Waals surface area contributed by atoms with Gasteiger partial charge in [0.1, 0.15) is 16.7 Å².